The third kappa shape index (κ3) is 6.66. The zero-order valence-corrected chi connectivity index (χ0v) is 14.3. The van der Waals surface area contributed by atoms with Crippen LogP contribution in [0.15, 0.2) is 0 Å². The fourth-order valence-corrected chi connectivity index (χ4v) is 2.48. The Hall–Kier alpha value is -0.810. The first-order valence-electron chi connectivity index (χ1n) is 8.20. The molecule has 2 amide bonds. The largest absolute Gasteiger partial charge is 0.388 e. The maximum absolute atomic E-state index is 11.9. The maximum Gasteiger partial charge on any atom is 0.315 e. The van der Waals surface area contributed by atoms with E-state index < -0.39 is 5.60 Å². The number of piperidine rings is 1. The highest BCUT2D eigenvalue weighted by Crippen LogP contribution is 2.15. The molecule has 1 saturated heterocycles. The SMILES string of the molecule is CC(C)CN1CCC(NC(=O)NCC(C)(O)C(C)C)CC1. The fourth-order valence-electron chi connectivity index (χ4n) is 2.48. The van der Waals surface area contributed by atoms with E-state index in [1.54, 1.807) is 6.92 Å². The van der Waals surface area contributed by atoms with Gasteiger partial charge in [0.15, 0.2) is 0 Å². The molecule has 0 aliphatic carbocycles. The summed E-state index contributed by atoms with van der Waals surface area (Å²) in [6, 6.07) is 0.0793. The summed E-state index contributed by atoms with van der Waals surface area (Å²) in [5.74, 6) is 0.799. The number of urea groups is 1. The third-order valence-electron chi connectivity index (χ3n) is 4.40. The molecule has 0 aromatic rings. The van der Waals surface area contributed by atoms with Crippen LogP contribution in [0.2, 0.25) is 0 Å². The lowest BCUT2D eigenvalue weighted by Crippen LogP contribution is -2.51. The van der Waals surface area contributed by atoms with Crippen molar-refractivity contribution < 1.29 is 9.90 Å². The molecule has 1 heterocycles. The molecule has 0 radical (unpaired) electrons. The normalized spacial score (nSPS) is 20.6. The first kappa shape index (κ1) is 18.2. The van der Waals surface area contributed by atoms with E-state index in [9.17, 15) is 9.90 Å². The quantitative estimate of drug-likeness (QED) is 0.701. The monoisotopic (exact) mass is 299 g/mol. The van der Waals surface area contributed by atoms with Crippen molar-refractivity contribution in [3.05, 3.63) is 0 Å². The molecule has 5 heteroatoms. The zero-order valence-electron chi connectivity index (χ0n) is 14.3. The van der Waals surface area contributed by atoms with Crippen LogP contribution in [0.1, 0.15) is 47.5 Å². The number of amides is 2. The topological polar surface area (TPSA) is 64.6 Å². The molecule has 0 aromatic carbocycles. The van der Waals surface area contributed by atoms with Crippen molar-refractivity contribution in [1.82, 2.24) is 15.5 Å². The number of nitrogens with zero attached hydrogens (tertiary/aromatic N) is 1. The second-order valence-corrected chi connectivity index (χ2v) is 7.31. The molecule has 1 rings (SSSR count). The first-order valence-corrected chi connectivity index (χ1v) is 8.20. The van der Waals surface area contributed by atoms with Crippen LogP contribution in [0.25, 0.3) is 0 Å². The van der Waals surface area contributed by atoms with Crippen molar-refractivity contribution in [3.8, 4) is 0 Å². The van der Waals surface area contributed by atoms with Crippen molar-refractivity contribution >= 4 is 6.03 Å². The number of aliphatic hydroxyl groups is 1. The highest BCUT2D eigenvalue weighted by atomic mass is 16.3. The number of carbonyl (C=O) groups is 1. The molecule has 1 fully saturated rings. The van der Waals surface area contributed by atoms with E-state index in [2.05, 4.69) is 29.4 Å². The Bertz CT molecular complexity index is 321. The predicted molar refractivity (Wildman–Crippen MR) is 86.3 cm³/mol. The van der Waals surface area contributed by atoms with Crippen molar-refractivity contribution in [2.75, 3.05) is 26.2 Å². The fraction of sp³-hybridized carbons (Fsp3) is 0.938. The summed E-state index contributed by atoms with van der Waals surface area (Å²) in [4.78, 5) is 14.4. The van der Waals surface area contributed by atoms with Crippen molar-refractivity contribution in [1.29, 1.82) is 0 Å². The summed E-state index contributed by atoms with van der Waals surface area (Å²) in [7, 11) is 0. The first-order chi connectivity index (χ1) is 9.70. The lowest BCUT2D eigenvalue weighted by atomic mass is 9.93. The lowest BCUT2D eigenvalue weighted by Gasteiger charge is -2.33. The predicted octanol–water partition coefficient (Wildman–Crippen LogP) is 1.81. The number of carbonyl (C=O) groups excluding carboxylic acids is 1. The molecular formula is C16H33N3O2. The standard InChI is InChI=1S/C16H33N3O2/c1-12(2)10-19-8-6-14(7-9-19)18-15(20)17-11-16(5,21)13(3)4/h12-14,21H,6-11H2,1-5H3,(H2,17,18,20). The molecular weight excluding hydrogens is 266 g/mol. The van der Waals surface area contributed by atoms with Crippen LogP contribution in [0.3, 0.4) is 0 Å². The maximum atomic E-state index is 11.9. The molecule has 124 valence electrons. The molecule has 3 N–H and O–H groups in total. The van der Waals surface area contributed by atoms with Gasteiger partial charge in [0.1, 0.15) is 0 Å². The molecule has 5 nitrogen and oxygen atoms in total. The van der Waals surface area contributed by atoms with E-state index in [1.165, 1.54) is 0 Å². The van der Waals surface area contributed by atoms with Crippen LogP contribution in [0.4, 0.5) is 4.79 Å². The lowest BCUT2D eigenvalue weighted by molar-refractivity contribution is 0.0164. The molecule has 0 saturated carbocycles. The highest BCUT2D eigenvalue weighted by molar-refractivity contribution is 5.74. The summed E-state index contributed by atoms with van der Waals surface area (Å²) >= 11 is 0. The molecule has 1 aliphatic rings. The Morgan fingerprint density at radius 2 is 1.86 bits per heavy atom. The average molecular weight is 299 g/mol. The van der Waals surface area contributed by atoms with E-state index in [4.69, 9.17) is 0 Å². The molecule has 0 bridgehead atoms. The van der Waals surface area contributed by atoms with Gasteiger partial charge in [-0.3, -0.25) is 0 Å². The third-order valence-corrected chi connectivity index (χ3v) is 4.40. The van der Waals surface area contributed by atoms with Gasteiger partial charge in [-0.1, -0.05) is 27.7 Å². The molecule has 0 aromatic heterocycles. The van der Waals surface area contributed by atoms with Gasteiger partial charge in [0.25, 0.3) is 0 Å². The Kier molecular flexibility index (Phi) is 6.94. The van der Waals surface area contributed by atoms with Gasteiger partial charge in [-0.2, -0.15) is 0 Å². The van der Waals surface area contributed by atoms with Crippen LogP contribution in [-0.4, -0.2) is 53.9 Å². The van der Waals surface area contributed by atoms with Gasteiger partial charge in [-0.05, 0) is 31.6 Å². The van der Waals surface area contributed by atoms with Crippen LogP contribution >= 0.6 is 0 Å². The van der Waals surface area contributed by atoms with Crippen LogP contribution in [-0.2, 0) is 0 Å². The Balaban J connectivity index is 2.25. The van der Waals surface area contributed by atoms with Gasteiger partial charge in [-0.15, -0.1) is 0 Å². The molecule has 21 heavy (non-hydrogen) atoms. The number of likely N-dealkylation sites (tertiary alicyclic amines) is 1. The van der Waals surface area contributed by atoms with Crippen molar-refractivity contribution in [2.45, 2.75) is 59.1 Å². The van der Waals surface area contributed by atoms with Crippen molar-refractivity contribution in [2.24, 2.45) is 11.8 Å². The Morgan fingerprint density at radius 1 is 1.29 bits per heavy atom. The number of rotatable bonds is 6. The number of hydrogen-bond acceptors (Lipinski definition) is 3. The van der Waals surface area contributed by atoms with Gasteiger partial charge in [0, 0.05) is 32.2 Å². The second-order valence-electron chi connectivity index (χ2n) is 7.31. The van der Waals surface area contributed by atoms with E-state index >= 15 is 0 Å². The van der Waals surface area contributed by atoms with Crippen LogP contribution < -0.4 is 10.6 Å². The van der Waals surface area contributed by atoms with Crippen LogP contribution in [0.5, 0.6) is 0 Å². The Morgan fingerprint density at radius 3 is 2.33 bits per heavy atom. The summed E-state index contributed by atoms with van der Waals surface area (Å²) in [6.45, 7) is 13.6. The van der Waals surface area contributed by atoms with Gasteiger partial charge in [-0.25, -0.2) is 4.79 Å². The van der Waals surface area contributed by atoms with Crippen molar-refractivity contribution in [3.63, 3.8) is 0 Å². The minimum Gasteiger partial charge on any atom is -0.388 e. The molecule has 1 aliphatic heterocycles. The zero-order chi connectivity index (χ0) is 16.0. The van der Waals surface area contributed by atoms with E-state index in [0.29, 0.717) is 5.92 Å². The second kappa shape index (κ2) is 7.99. The smallest absolute Gasteiger partial charge is 0.315 e. The summed E-state index contributed by atoms with van der Waals surface area (Å²) in [5.41, 5.74) is -0.863. The van der Waals surface area contributed by atoms with Crippen LogP contribution in [0, 0.1) is 11.8 Å². The van der Waals surface area contributed by atoms with E-state index in [-0.39, 0.29) is 24.5 Å². The molecule has 0 spiro atoms. The van der Waals surface area contributed by atoms with E-state index in [0.717, 1.165) is 32.5 Å². The summed E-state index contributed by atoms with van der Waals surface area (Å²) in [5, 5.41) is 15.9. The van der Waals surface area contributed by atoms with Gasteiger partial charge < -0.3 is 20.6 Å². The number of hydrogen-bond donors (Lipinski definition) is 3. The Labute approximate surface area is 129 Å². The summed E-state index contributed by atoms with van der Waals surface area (Å²) in [6.07, 6.45) is 2.00. The molecule has 1 unspecified atom stereocenters. The average Bonchev–Trinajstić information content (AvgIpc) is 2.38. The van der Waals surface area contributed by atoms with E-state index in [1.807, 2.05) is 13.8 Å². The van der Waals surface area contributed by atoms with Gasteiger partial charge in [0.2, 0.25) is 0 Å². The van der Waals surface area contributed by atoms with Gasteiger partial charge in [0.05, 0.1) is 5.60 Å². The minimum atomic E-state index is -0.863. The number of nitrogens with one attached hydrogen (secondary N) is 2. The minimum absolute atomic E-state index is 0.108. The summed E-state index contributed by atoms with van der Waals surface area (Å²) < 4.78 is 0. The van der Waals surface area contributed by atoms with Gasteiger partial charge >= 0.3 is 6.03 Å². The highest BCUT2D eigenvalue weighted by Gasteiger charge is 2.26. The molecule has 1 atom stereocenters.